The lowest BCUT2D eigenvalue weighted by Gasteiger charge is -2.06. The molecule has 0 aromatic carbocycles. The molecule has 0 fully saturated rings. The fourth-order valence-corrected chi connectivity index (χ4v) is 0.917. The maximum atomic E-state index is 11.9. The molecule has 1 heterocycles. The highest BCUT2D eigenvalue weighted by molar-refractivity contribution is 5.42. The van der Waals surface area contributed by atoms with Gasteiger partial charge in [0.1, 0.15) is 0 Å². The molecule has 88 valence electrons. The number of pyridine rings is 1. The van der Waals surface area contributed by atoms with Crippen molar-refractivity contribution in [3.63, 3.8) is 0 Å². The van der Waals surface area contributed by atoms with Crippen molar-refractivity contribution in [1.82, 2.24) is 4.98 Å². The second-order valence-corrected chi connectivity index (χ2v) is 2.64. The molecule has 0 aliphatic rings. The van der Waals surface area contributed by atoms with Crippen LogP contribution in [-0.4, -0.2) is 30.0 Å². The lowest BCUT2D eigenvalue weighted by atomic mass is 10.4. The summed E-state index contributed by atoms with van der Waals surface area (Å²) in [5, 5.41) is 10.5. The van der Waals surface area contributed by atoms with Crippen molar-refractivity contribution in [2.75, 3.05) is 13.7 Å². The zero-order valence-corrected chi connectivity index (χ0v) is 8.22. The summed E-state index contributed by atoms with van der Waals surface area (Å²) in [6, 6.07) is 2.32. The third kappa shape index (κ3) is 3.01. The molecule has 0 unspecified atom stereocenters. The van der Waals surface area contributed by atoms with E-state index in [9.17, 15) is 18.9 Å². The standard InChI is InChI=1S/C8H8F2N2O4/c1-15-7-3-2-5(12(13)14)8(11-7)16-4-6(9)10/h2-3,6H,4H2,1H3. The highest BCUT2D eigenvalue weighted by atomic mass is 19.3. The maximum absolute atomic E-state index is 11.9. The van der Waals surface area contributed by atoms with E-state index in [1.54, 1.807) is 0 Å². The first-order valence-electron chi connectivity index (χ1n) is 4.15. The van der Waals surface area contributed by atoms with Gasteiger partial charge in [-0.1, -0.05) is 0 Å². The molecule has 0 radical (unpaired) electrons. The summed E-state index contributed by atoms with van der Waals surface area (Å²) in [5.74, 6) is -0.431. The Labute approximate surface area is 89.0 Å². The van der Waals surface area contributed by atoms with Gasteiger partial charge in [-0.2, -0.15) is 4.98 Å². The molecular weight excluding hydrogens is 226 g/mol. The number of nitrogens with zero attached hydrogens (tertiary/aromatic N) is 2. The Morgan fingerprint density at radius 3 is 2.75 bits per heavy atom. The van der Waals surface area contributed by atoms with Gasteiger partial charge in [0, 0.05) is 12.1 Å². The van der Waals surface area contributed by atoms with Crippen LogP contribution in [0.3, 0.4) is 0 Å². The second kappa shape index (κ2) is 5.19. The first-order valence-corrected chi connectivity index (χ1v) is 4.15. The first kappa shape index (κ1) is 12.1. The van der Waals surface area contributed by atoms with E-state index < -0.39 is 29.5 Å². The summed E-state index contributed by atoms with van der Waals surface area (Å²) in [6.45, 7) is -0.957. The largest absolute Gasteiger partial charge is 0.481 e. The van der Waals surface area contributed by atoms with Crippen LogP contribution in [0.2, 0.25) is 0 Å². The Hall–Kier alpha value is -1.99. The van der Waals surface area contributed by atoms with E-state index in [2.05, 4.69) is 9.72 Å². The average molecular weight is 234 g/mol. The molecule has 0 aliphatic heterocycles. The monoisotopic (exact) mass is 234 g/mol. The first-order chi connectivity index (χ1) is 7.54. The van der Waals surface area contributed by atoms with Crippen LogP contribution in [0.4, 0.5) is 14.5 Å². The Morgan fingerprint density at radius 2 is 2.25 bits per heavy atom. The third-order valence-electron chi connectivity index (χ3n) is 1.57. The van der Waals surface area contributed by atoms with Crippen LogP contribution < -0.4 is 9.47 Å². The fraction of sp³-hybridized carbons (Fsp3) is 0.375. The summed E-state index contributed by atoms with van der Waals surface area (Å²) < 4.78 is 33.0. The molecule has 8 heteroatoms. The Balaban J connectivity index is 2.96. The molecule has 0 atom stereocenters. The normalized spacial score (nSPS) is 10.2. The van der Waals surface area contributed by atoms with Crippen molar-refractivity contribution in [2.45, 2.75) is 6.43 Å². The fourth-order valence-electron chi connectivity index (χ4n) is 0.917. The van der Waals surface area contributed by atoms with E-state index in [0.717, 1.165) is 6.07 Å². The molecule has 1 aromatic rings. The van der Waals surface area contributed by atoms with Gasteiger partial charge in [-0.15, -0.1) is 0 Å². The molecule has 0 saturated heterocycles. The van der Waals surface area contributed by atoms with Crippen molar-refractivity contribution < 1.29 is 23.2 Å². The highest BCUT2D eigenvalue weighted by Gasteiger charge is 2.19. The smallest absolute Gasteiger partial charge is 0.331 e. The SMILES string of the molecule is COc1ccc([N+](=O)[O-])c(OCC(F)F)n1. The van der Waals surface area contributed by atoms with Crippen molar-refractivity contribution >= 4 is 5.69 Å². The predicted octanol–water partition coefficient (Wildman–Crippen LogP) is 1.64. The lowest BCUT2D eigenvalue weighted by Crippen LogP contribution is -2.09. The van der Waals surface area contributed by atoms with Crippen LogP contribution in [0.1, 0.15) is 0 Å². The van der Waals surface area contributed by atoms with Crippen LogP contribution >= 0.6 is 0 Å². The van der Waals surface area contributed by atoms with Gasteiger partial charge in [0.25, 0.3) is 12.3 Å². The quantitative estimate of drug-likeness (QED) is 0.571. The molecule has 1 rings (SSSR count). The van der Waals surface area contributed by atoms with Gasteiger partial charge < -0.3 is 9.47 Å². The van der Waals surface area contributed by atoms with E-state index >= 15 is 0 Å². The topological polar surface area (TPSA) is 74.5 Å². The summed E-state index contributed by atoms with van der Waals surface area (Å²) in [6.07, 6.45) is -2.73. The van der Waals surface area contributed by atoms with Crippen LogP contribution in [0.5, 0.6) is 11.8 Å². The Kier molecular flexibility index (Phi) is 3.92. The molecule has 0 bridgehead atoms. The molecule has 0 spiro atoms. The minimum absolute atomic E-state index is 0.0508. The van der Waals surface area contributed by atoms with Gasteiger partial charge in [0.2, 0.25) is 5.88 Å². The predicted molar refractivity (Wildman–Crippen MR) is 48.9 cm³/mol. The van der Waals surface area contributed by atoms with Crippen LogP contribution in [0.25, 0.3) is 0 Å². The summed E-state index contributed by atoms with van der Waals surface area (Å²) in [4.78, 5) is 13.3. The zero-order chi connectivity index (χ0) is 12.1. The van der Waals surface area contributed by atoms with E-state index in [1.165, 1.54) is 13.2 Å². The molecule has 6 nitrogen and oxygen atoms in total. The van der Waals surface area contributed by atoms with Crippen molar-refractivity contribution in [1.29, 1.82) is 0 Å². The maximum Gasteiger partial charge on any atom is 0.331 e. The number of methoxy groups -OCH3 is 1. The molecule has 0 N–H and O–H groups in total. The third-order valence-corrected chi connectivity index (χ3v) is 1.57. The lowest BCUT2D eigenvalue weighted by molar-refractivity contribution is -0.386. The number of aromatic nitrogens is 1. The molecule has 1 aromatic heterocycles. The van der Waals surface area contributed by atoms with Crippen LogP contribution in [-0.2, 0) is 0 Å². The minimum Gasteiger partial charge on any atom is -0.481 e. The molecule has 0 aliphatic carbocycles. The number of hydrogen-bond donors (Lipinski definition) is 0. The number of alkyl halides is 2. The molecular formula is C8H8F2N2O4. The number of rotatable bonds is 5. The van der Waals surface area contributed by atoms with Gasteiger partial charge in [-0.3, -0.25) is 10.1 Å². The number of hydrogen-bond acceptors (Lipinski definition) is 5. The summed E-state index contributed by atoms with van der Waals surface area (Å²) in [5.41, 5.74) is -0.485. The molecule has 0 saturated carbocycles. The number of halogens is 2. The van der Waals surface area contributed by atoms with Gasteiger partial charge in [0.05, 0.1) is 12.0 Å². The van der Waals surface area contributed by atoms with E-state index in [0.29, 0.717) is 0 Å². The highest BCUT2D eigenvalue weighted by Crippen LogP contribution is 2.27. The van der Waals surface area contributed by atoms with Crippen LogP contribution in [0.15, 0.2) is 12.1 Å². The number of nitro groups is 1. The number of ether oxygens (including phenoxy) is 2. The molecule has 0 amide bonds. The Bertz CT molecular complexity index is 386. The average Bonchev–Trinajstić information content (AvgIpc) is 2.25. The van der Waals surface area contributed by atoms with E-state index in [-0.39, 0.29) is 5.88 Å². The van der Waals surface area contributed by atoms with Gasteiger partial charge in [-0.05, 0) is 0 Å². The summed E-state index contributed by atoms with van der Waals surface area (Å²) >= 11 is 0. The van der Waals surface area contributed by atoms with Crippen molar-refractivity contribution in [2.24, 2.45) is 0 Å². The van der Waals surface area contributed by atoms with Crippen molar-refractivity contribution in [3.8, 4) is 11.8 Å². The second-order valence-electron chi connectivity index (χ2n) is 2.64. The minimum atomic E-state index is -2.73. The Morgan fingerprint density at radius 1 is 1.56 bits per heavy atom. The molecule has 16 heavy (non-hydrogen) atoms. The van der Waals surface area contributed by atoms with Gasteiger partial charge in [0.15, 0.2) is 6.61 Å². The zero-order valence-electron chi connectivity index (χ0n) is 8.22. The van der Waals surface area contributed by atoms with Crippen LogP contribution in [0, 0.1) is 10.1 Å². The summed E-state index contributed by atoms with van der Waals surface area (Å²) in [7, 11) is 1.30. The van der Waals surface area contributed by atoms with E-state index in [4.69, 9.17) is 4.74 Å². The van der Waals surface area contributed by atoms with Crippen molar-refractivity contribution in [3.05, 3.63) is 22.2 Å². The van der Waals surface area contributed by atoms with Gasteiger partial charge in [-0.25, -0.2) is 8.78 Å². The van der Waals surface area contributed by atoms with E-state index in [1.807, 2.05) is 0 Å². The van der Waals surface area contributed by atoms with Gasteiger partial charge >= 0.3 is 5.69 Å².